The minimum Gasteiger partial charge on any atom is -0.344 e. The second-order valence-electron chi connectivity index (χ2n) is 4.65. The van der Waals surface area contributed by atoms with Crippen LogP contribution in [0.15, 0.2) is 0 Å². The van der Waals surface area contributed by atoms with E-state index in [1.807, 2.05) is 6.92 Å². The lowest BCUT2D eigenvalue weighted by Gasteiger charge is -2.24. The van der Waals surface area contributed by atoms with Gasteiger partial charge in [0, 0.05) is 26.7 Å². The van der Waals surface area contributed by atoms with E-state index in [4.69, 9.17) is 5.73 Å². The molecule has 1 aliphatic heterocycles. The molecule has 1 saturated heterocycles. The summed E-state index contributed by atoms with van der Waals surface area (Å²) in [4.78, 5) is 27.2. The van der Waals surface area contributed by atoms with E-state index in [0.29, 0.717) is 13.1 Å². The number of nitrogens with zero attached hydrogens (tertiary/aromatic N) is 2. The average molecular weight is 241 g/mol. The van der Waals surface area contributed by atoms with E-state index in [-0.39, 0.29) is 24.3 Å². The Bertz CT molecular complexity index is 281. The number of likely N-dealkylation sites (N-methyl/N-ethyl adjacent to an activating group) is 1. The maximum absolute atomic E-state index is 12.2. The fourth-order valence-electron chi connectivity index (χ4n) is 2.12. The van der Waals surface area contributed by atoms with Crippen molar-refractivity contribution in [1.29, 1.82) is 0 Å². The fourth-order valence-corrected chi connectivity index (χ4v) is 2.12. The third kappa shape index (κ3) is 3.70. The van der Waals surface area contributed by atoms with Gasteiger partial charge in [-0.1, -0.05) is 13.3 Å². The summed E-state index contributed by atoms with van der Waals surface area (Å²) in [6.45, 7) is 4.00. The van der Waals surface area contributed by atoms with Gasteiger partial charge < -0.3 is 15.5 Å². The van der Waals surface area contributed by atoms with Crippen molar-refractivity contribution < 1.29 is 9.59 Å². The maximum atomic E-state index is 12.2. The van der Waals surface area contributed by atoms with Crippen molar-refractivity contribution in [3.8, 4) is 0 Å². The molecule has 98 valence electrons. The normalized spacial score (nSPS) is 19.1. The summed E-state index contributed by atoms with van der Waals surface area (Å²) in [7, 11) is 1.78. The lowest BCUT2D eigenvalue weighted by Crippen LogP contribution is -2.42. The van der Waals surface area contributed by atoms with E-state index in [1.165, 1.54) is 0 Å². The number of nitrogens with two attached hydrogens (primary N) is 1. The van der Waals surface area contributed by atoms with Gasteiger partial charge in [-0.25, -0.2) is 0 Å². The summed E-state index contributed by atoms with van der Waals surface area (Å²) in [6, 6.07) is 0. The number of carbonyl (C=O) groups is 2. The van der Waals surface area contributed by atoms with E-state index >= 15 is 0 Å². The van der Waals surface area contributed by atoms with Crippen molar-refractivity contribution in [2.24, 2.45) is 11.7 Å². The highest BCUT2D eigenvalue weighted by Crippen LogP contribution is 2.12. The smallest absolute Gasteiger partial charge is 0.241 e. The summed E-state index contributed by atoms with van der Waals surface area (Å²) in [5, 5.41) is 0. The molecule has 0 aliphatic carbocycles. The second kappa shape index (κ2) is 6.59. The van der Waals surface area contributed by atoms with Crippen LogP contribution in [0.2, 0.25) is 0 Å². The van der Waals surface area contributed by atoms with Crippen molar-refractivity contribution in [1.82, 2.24) is 9.80 Å². The summed E-state index contributed by atoms with van der Waals surface area (Å²) >= 11 is 0. The average Bonchev–Trinajstić information content (AvgIpc) is 2.48. The van der Waals surface area contributed by atoms with E-state index in [1.54, 1.807) is 16.8 Å². The molecular weight excluding hydrogens is 218 g/mol. The first-order chi connectivity index (χ1) is 8.10. The highest BCUT2D eigenvalue weighted by Gasteiger charge is 2.27. The van der Waals surface area contributed by atoms with Crippen molar-refractivity contribution >= 4 is 11.8 Å². The molecule has 2 amide bonds. The number of hydrogen-bond donors (Lipinski definition) is 1. The molecule has 1 fully saturated rings. The van der Waals surface area contributed by atoms with Crippen molar-refractivity contribution in [2.75, 3.05) is 33.2 Å². The van der Waals surface area contributed by atoms with Crippen LogP contribution in [-0.2, 0) is 9.59 Å². The third-order valence-corrected chi connectivity index (χ3v) is 3.26. The monoisotopic (exact) mass is 241 g/mol. The SMILES string of the molecule is CCCC(CN)C(=O)N1CCCN(C)C(=O)C1. The Labute approximate surface area is 103 Å². The molecule has 0 aromatic carbocycles. The topological polar surface area (TPSA) is 66.6 Å². The largest absolute Gasteiger partial charge is 0.344 e. The number of hydrogen-bond acceptors (Lipinski definition) is 3. The Morgan fingerprint density at radius 3 is 2.76 bits per heavy atom. The lowest BCUT2D eigenvalue weighted by atomic mass is 10.0. The maximum Gasteiger partial charge on any atom is 0.241 e. The van der Waals surface area contributed by atoms with Gasteiger partial charge in [0.25, 0.3) is 0 Å². The van der Waals surface area contributed by atoms with Crippen LogP contribution < -0.4 is 5.73 Å². The minimum absolute atomic E-state index is 0.0168. The first-order valence-corrected chi connectivity index (χ1v) is 6.33. The van der Waals surface area contributed by atoms with Crippen LogP contribution in [0, 0.1) is 5.92 Å². The second-order valence-corrected chi connectivity index (χ2v) is 4.65. The molecule has 0 spiro atoms. The van der Waals surface area contributed by atoms with E-state index in [2.05, 4.69) is 0 Å². The lowest BCUT2D eigenvalue weighted by molar-refractivity contribution is -0.140. The molecular formula is C12H23N3O2. The zero-order valence-electron chi connectivity index (χ0n) is 10.8. The number of rotatable bonds is 4. The molecule has 0 aromatic rings. The predicted molar refractivity (Wildman–Crippen MR) is 66.3 cm³/mol. The van der Waals surface area contributed by atoms with Gasteiger partial charge in [-0.2, -0.15) is 0 Å². The van der Waals surface area contributed by atoms with Gasteiger partial charge in [-0.15, -0.1) is 0 Å². The zero-order chi connectivity index (χ0) is 12.8. The molecule has 1 rings (SSSR count). The van der Waals surface area contributed by atoms with Gasteiger partial charge >= 0.3 is 0 Å². The molecule has 1 heterocycles. The molecule has 5 nitrogen and oxygen atoms in total. The molecule has 1 aliphatic rings. The summed E-state index contributed by atoms with van der Waals surface area (Å²) in [6.07, 6.45) is 2.59. The number of carbonyl (C=O) groups excluding carboxylic acids is 2. The van der Waals surface area contributed by atoms with E-state index < -0.39 is 0 Å². The standard InChI is InChI=1S/C12H23N3O2/c1-3-5-10(8-13)12(17)15-7-4-6-14(2)11(16)9-15/h10H,3-9,13H2,1-2H3. The van der Waals surface area contributed by atoms with E-state index in [0.717, 1.165) is 25.8 Å². The van der Waals surface area contributed by atoms with Gasteiger partial charge in [-0.3, -0.25) is 9.59 Å². The number of amides is 2. The molecule has 17 heavy (non-hydrogen) atoms. The zero-order valence-corrected chi connectivity index (χ0v) is 10.8. The molecule has 0 bridgehead atoms. The Morgan fingerprint density at radius 2 is 2.18 bits per heavy atom. The molecule has 1 atom stereocenters. The van der Waals surface area contributed by atoms with Crippen molar-refractivity contribution in [2.45, 2.75) is 26.2 Å². The van der Waals surface area contributed by atoms with Crippen molar-refractivity contribution in [3.05, 3.63) is 0 Å². The third-order valence-electron chi connectivity index (χ3n) is 3.26. The first-order valence-electron chi connectivity index (χ1n) is 6.33. The van der Waals surface area contributed by atoms with E-state index in [9.17, 15) is 9.59 Å². The molecule has 1 unspecified atom stereocenters. The van der Waals surface area contributed by atoms with Crippen LogP contribution in [0.4, 0.5) is 0 Å². The highest BCUT2D eigenvalue weighted by molar-refractivity contribution is 5.86. The fraction of sp³-hybridized carbons (Fsp3) is 0.833. The Hall–Kier alpha value is -1.10. The van der Waals surface area contributed by atoms with Gasteiger partial charge in [0.05, 0.1) is 12.5 Å². The first kappa shape index (κ1) is 14.0. The van der Waals surface area contributed by atoms with Crippen LogP contribution in [0.1, 0.15) is 26.2 Å². The predicted octanol–water partition coefficient (Wildman–Crippen LogP) is 0.0521. The highest BCUT2D eigenvalue weighted by atomic mass is 16.2. The Kier molecular flexibility index (Phi) is 5.41. The summed E-state index contributed by atoms with van der Waals surface area (Å²) in [5.41, 5.74) is 5.62. The van der Waals surface area contributed by atoms with Crippen molar-refractivity contribution in [3.63, 3.8) is 0 Å². The molecule has 5 heteroatoms. The minimum atomic E-state index is -0.129. The van der Waals surface area contributed by atoms with Gasteiger partial charge in [-0.05, 0) is 12.8 Å². The Balaban J connectivity index is 2.64. The summed E-state index contributed by atoms with van der Waals surface area (Å²) in [5.74, 6) is -0.0719. The molecule has 0 saturated carbocycles. The van der Waals surface area contributed by atoms with Crippen LogP contribution in [-0.4, -0.2) is 54.8 Å². The molecule has 0 aromatic heterocycles. The molecule has 2 N–H and O–H groups in total. The van der Waals surface area contributed by atoms with Gasteiger partial charge in [0.1, 0.15) is 0 Å². The van der Waals surface area contributed by atoms with Gasteiger partial charge in [0.2, 0.25) is 11.8 Å². The van der Waals surface area contributed by atoms with Crippen LogP contribution in [0.3, 0.4) is 0 Å². The van der Waals surface area contributed by atoms with Crippen LogP contribution in [0.25, 0.3) is 0 Å². The van der Waals surface area contributed by atoms with Gasteiger partial charge in [0.15, 0.2) is 0 Å². The Morgan fingerprint density at radius 1 is 1.47 bits per heavy atom. The molecule has 0 radical (unpaired) electrons. The van der Waals surface area contributed by atoms with Crippen LogP contribution >= 0.6 is 0 Å². The van der Waals surface area contributed by atoms with Crippen LogP contribution in [0.5, 0.6) is 0 Å². The summed E-state index contributed by atoms with van der Waals surface area (Å²) < 4.78 is 0. The quantitative estimate of drug-likeness (QED) is 0.756.